The molecule has 0 saturated heterocycles. The van der Waals surface area contributed by atoms with Crippen LogP contribution in [0.25, 0.3) is 0 Å². The van der Waals surface area contributed by atoms with Crippen LogP contribution in [0.5, 0.6) is 5.75 Å². The molecule has 0 fully saturated rings. The molecule has 9 nitrogen and oxygen atoms in total. The van der Waals surface area contributed by atoms with E-state index < -0.39 is 34.2 Å². The maximum absolute atomic E-state index is 11.5. The van der Waals surface area contributed by atoms with Gasteiger partial charge in [0.05, 0.1) is 6.26 Å². The van der Waals surface area contributed by atoms with Crippen LogP contribution in [-0.2, 0) is 33.4 Å². The van der Waals surface area contributed by atoms with Gasteiger partial charge in [-0.3, -0.25) is 13.8 Å². The molecule has 148 valence electrons. The van der Waals surface area contributed by atoms with Gasteiger partial charge in [0.2, 0.25) is 5.90 Å². The molecule has 1 aliphatic rings. The smallest absolute Gasteiger partial charge is 0.308 e. The summed E-state index contributed by atoms with van der Waals surface area (Å²) < 4.78 is 43.6. The molecule has 0 saturated carbocycles. The SMILES string of the molecule is CC(=O)OC[C@H](OS(C)(=O)=O)[C@@H]1COC(c2cccc(OC(C)=O)c2C)=N1. The summed E-state index contributed by atoms with van der Waals surface area (Å²) in [5.74, 6) is -0.384. The zero-order chi connectivity index (χ0) is 20.2. The fraction of sp³-hybridized carbons (Fsp3) is 0.471. The Balaban J connectivity index is 2.27. The van der Waals surface area contributed by atoms with E-state index in [9.17, 15) is 18.0 Å². The van der Waals surface area contributed by atoms with E-state index in [1.807, 2.05) is 0 Å². The van der Waals surface area contributed by atoms with Crippen LogP contribution < -0.4 is 4.74 Å². The lowest BCUT2D eigenvalue weighted by molar-refractivity contribution is -0.143. The molecule has 0 radical (unpaired) electrons. The maximum Gasteiger partial charge on any atom is 0.308 e. The zero-order valence-electron chi connectivity index (χ0n) is 15.4. The molecule has 0 N–H and O–H groups in total. The highest BCUT2D eigenvalue weighted by Crippen LogP contribution is 2.25. The fourth-order valence-corrected chi connectivity index (χ4v) is 3.10. The zero-order valence-corrected chi connectivity index (χ0v) is 16.2. The highest BCUT2D eigenvalue weighted by atomic mass is 32.2. The number of hydrogen-bond donors (Lipinski definition) is 0. The number of carbonyl (C=O) groups is 2. The molecule has 1 aromatic rings. The summed E-state index contributed by atoms with van der Waals surface area (Å²) >= 11 is 0. The maximum atomic E-state index is 11.5. The van der Waals surface area contributed by atoms with E-state index in [-0.39, 0.29) is 19.1 Å². The van der Waals surface area contributed by atoms with Gasteiger partial charge in [0.1, 0.15) is 31.1 Å². The van der Waals surface area contributed by atoms with Crippen LogP contribution in [-0.4, -0.2) is 57.9 Å². The Labute approximate surface area is 157 Å². The Morgan fingerprint density at radius 1 is 1.30 bits per heavy atom. The number of ether oxygens (including phenoxy) is 3. The summed E-state index contributed by atoms with van der Waals surface area (Å²) in [6.07, 6.45) is -0.112. The van der Waals surface area contributed by atoms with Crippen molar-refractivity contribution in [1.29, 1.82) is 0 Å². The molecule has 2 rings (SSSR count). The number of nitrogens with zero attached hydrogens (tertiary/aromatic N) is 1. The standard InChI is InChI=1S/C17H21NO8S/c1-10-13(6-5-7-15(10)25-12(3)20)17-18-14(8-24-17)16(9-23-11(2)19)26-27(4,21)22/h5-7,14,16H,8-9H2,1-4H3/t14-,16-/m0/s1. The summed E-state index contributed by atoms with van der Waals surface area (Å²) in [4.78, 5) is 26.6. The Kier molecular flexibility index (Phi) is 6.55. The molecular formula is C17H21NO8S. The summed E-state index contributed by atoms with van der Waals surface area (Å²) in [7, 11) is -3.79. The number of hydrogen-bond acceptors (Lipinski definition) is 9. The monoisotopic (exact) mass is 399 g/mol. The lowest BCUT2D eigenvalue weighted by atomic mass is 10.1. The highest BCUT2D eigenvalue weighted by Gasteiger charge is 2.33. The normalized spacial score (nSPS) is 17.6. The lowest BCUT2D eigenvalue weighted by Crippen LogP contribution is -2.35. The van der Waals surface area contributed by atoms with Crippen molar-refractivity contribution in [3.05, 3.63) is 29.3 Å². The van der Waals surface area contributed by atoms with E-state index in [0.29, 0.717) is 16.9 Å². The van der Waals surface area contributed by atoms with Crippen molar-refractivity contribution in [2.24, 2.45) is 4.99 Å². The van der Waals surface area contributed by atoms with Gasteiger partial charge in [0.15, 0.2) is 0 Å². The van der Waals surface area contributed by atoms with Crippen LogP contribution in [0.3, 0.4) is 0 Å². The van der Waals surface area contributed by atoms with Crippen LogP contribution >= 0.6 is 0 Å². The number of aliphatic imine (C=N–C) groups is 1. The summed E-state index contributed by atoms with van der Waals surface area (Å²) in [5, 5.41) is 0. The minimum absolute atomic E-state index is 0.0496. The van der Waals surface area contributed by atoms with Crippen molar-refractivity contribution in [2.45, 2.75) is 32.9 Å². The summed E-state index contributed by atoms with van der Waals surface area (Å²) in [5.41, 5.74) is 1.24. The molecule has 1 heterocycles. The first-order valence-electron chi connectivity index (χ1n) is 8.07. The second kappa shape index (κ2) is 8.49. The van der Waals surface area contributed by atoms with Gasteiger partial charge in [-0.1, -0.05) is 6.07 Å². The van der Waals surface area contributed by atoms with Crippen LogP contribution in [0, 0.1) is 6.92 Å². The lowest BCUT2D eigenvalue weighted by Gasteiger charge is -2.18. The highest BCUT2D eigenvalue weighted by molar-refractivity contribution is 7.86. The van der Waals surface area contributed by atoms with E-state index in [1.54, 1.807) is 25.1 Å². The quantitative estimate of drug-likeness (QED) is 0.378. The molecule has 0 unspecified atom stereocenters. The van der Waals surface area contributed by atoms with E-state index in [1.165, 1.54) is 13.8 Å². The molecule has 10 heteroatoms. The molecule has 1 aliphatic heterocycles. The number of esters is 2. The summed E-state index contributed by atoms with van der Waals surface area (Å²) in [6, 6.07) is 4.38. The minimum Gasteiger partial charge on any atom is -0.475 e. The molecule has 1 aromatic carbocycles. The van der Waals surface area contributed by atoms with Crippen molar-refractivity contribution in [1.82, 2.24) is 0 Å². The van der Waals surface area contributed by atoms with Gasteiger partial charge >= 0.3 is 11.9 Å². The van der Waals surface area contributed by atoms with Gasteiger partial charge < -0.3 is 14.2 Å². The molecular weight excluding hydrogens is 378 g/mol. The Morgan fingerprint density at radius 3 is 2.59 bits per heavy atom. The second-order valence-corrected chi connectivity index (χ2v) is 7.58. The first-order chi connectivity index (χ1) is 12.6. The van der Waals surface area contributed by atoms with Crippen LogP contribution in [0.1, 0.15) is 25.0 Å². The topological polar surface area (TPSA) is 118 Å². The van der Waals surface area contributed by atoms with Crippen LogP contribution in [0.4, 0.5) is 0 Å². The third-order valence-corrected chi connectivity index (χ3v) is 4.22. The van der Waals surface area contributed by atoms with Crippen molar-refractivity contribution in [3.8, 4) is 5.75 Å². The van der Waals surface area contributed by atoms with Gasteiger partial charge in [0, 0.05) is 25.0 Å². The minimum atomic E-state index is -3.79. The number of benzene rings is 1. The van der Waals surface area contributed by atoms with E-state index in [2.05, 4.69) is 4.99 Å². The predicted octanol–water partition coefficient (Wildman–Crippen LogP) is 0.974. The average Bonchev–Trinajstić information content (AvgIpc) is 3.01. The van der Waals surface area contributed by atoms with Gasteiger partial charge in [-0.2, -0.15) is 8.42 Å². The molecule has 0 spiro atoms. The summed E-state index contributed by atoms with van der Waals surface area (Å²) in [6.45, 7) is 4.03. The van der Waals surface area contributed by atoms with Crippen molar-refractivity contribution >= 4 is 28.0 Å². The molecule has 0 aromatic heterocycles. The van der Waals surface area contributed by atoms with Crippen molar-refractivity contribution in [2.75, 3.05) is 19.5 Å². The Bertz CT molecular complexity index is 862. The predicted molar refractivity (Wildman–Crippen MR) is 95.1 cm³/mol. The molecule has 0 bridgehead atoms. The molecule has 27 heavy (non-hydrogen) atoms. The van der Waals surface area contributed by atoms with Gasteiger partial charge in [-0.05, 0) is 19.1 Å². The first-order valence-corrected chi connectivity index (χ1v) is 9.89. The fourth-order valence-electron chi connectivity index (χ4n) is 2.47. The van der Waals surface area contributed by atoms with Gasteiger partial charge in [-0.15, -0.1) is 0 Å². The second-order valence-electron chi connectivity index (χ2n) is 5.98. The molecule has 0 aliphatic carbocycles. The largest absolute Gasteiger partial charge is 0.475 e. The average molecular weight is 399 g/mol. The number of carbonyl (C=O) groups excluding carboxylic acids is 2. The van der Waals surface area contributed by atoms with Gasteiger partial charge in [0.25, 0.3) is 10.1 Å². The van der Waals surface area contributed by atoms with E-state index in [4.69, 9.17) is 18.4 Å². The first kappa shape index (κ1) is 20.8. The number of rotatable bonds is 7. The third-order valence-electron chi connectivity index (χ3n) is 3.62. The van der Waals surface area contributed by atoms with E-state index in [0.717, 1.165) is 6.26 Å². The third kappa shape index (κ3) is 6.04. The van der Waals surface area contributed by atoms with Crippen LogP contribution in [0.2, 0.25) is 0 Å². The Hall–Kier alpha value is -2.46. The van der Waals surface area contributed by atoms with Crippen LogP contribution in [0.15, 0.2) is 23.2 Å². The molecule has 0 amide bonds. The van der Waals surface area contributed by atoms with Crippen molar-refractivity contribution in [3.63, 3.8) is 0 Å². The molecule has 2 atom stereocenters. The van der Waals surface area contributed by atoms with Crippen molar-refractivity contribution < 1.29 is 36.4 Å². The van der Waals surface area contributed by atoms with E-state index >= 15 is 0 Å². The Morgan fingerprint density at radius 2 is 2.00 bits per heavy atom. The van der Waals surface area contributed by atoms with Gasteiger partial charge in [-0.25, -0.2) is 4.99 Å².